The number of hydrogen-bond donors (Lipinski definition) is 3. The molecule has 1 heterocycles. The van der Waals surface area contributed by atoms with Gasteiger partial charge in [0.2, 0.25) is 0 Å². The van der Waals surface area contributed by atoms with Crippen LogP contribution in [0.5, 0.6) is 5.75 Å². The van der Waals surface area contributed by atoms with E-state index in [0.717, 1.165) is 22.2 Å². The molecule has 3 N–H and O–H groups in total. The van der Waals surface area contributed by atoms with E-state index in [1.807, 2.05) is 24.4 Å². The molecule has 0 aliphatic rings. The number of methoxy groups -OCH3 is 1. The maximum Gasteiger partial charge on any atom is 0.324 e. The Morgan fingerprint density at radius 1 is 1.56 bits per heavy atom. The van der Waals surface area contributed by atoms with Crippen molar-refractivity contribution in [1.29, 1.82) is 0 Å². The average Bonchev–Trinajstić information content (AvgIpc) is 2.77. The Morgan fingerprint density at radius 3 is 3.00 bits per heavy atom. The predicted molar refractivity (Wildman–Crippen MR) is 73.8 cm³/mol. The SMILES string of the molecule is COc1ccc2[nH]cc(CCN(S)C(N)=O)c2c1. The molecule has 0 aliphatic heterocycles. The van der Waals surface area contributed by atoms with Crippen molar-refractivity contribution in [3.63, 3.8) is 0 Å². The van der Waals surface area contributed by atoms with Crippen molar-refractivity contribution in [2.75, 3.05) is 13.7 Å². The van der Waals surface area contributed by atoms with E-state index in [2.05, 4.69) is 17.8 Å². The van der Waals surface area contributed by atoms with E-state index in [0.29, 0.717) is 13.0 Å². The first-order valence-corrected chi connectivity index (χ1v) is 5.91. The van der Waals surface area contributed by atoms with E-state index >= 15 is 0 Å². The third kappa shape index (κ3) is 2.53. The fraction of sp³-hybridized carbons (Fsp3) is 0.250. The lowest BCUT2D eigenvalue weighted by Crippen LogP contribution is -2.29. The van der Waals surface area contributed by atoms with Crippen molar-refractivity contribution in [3.8, 4) is 5.75 Å². The van der Waals surface area contributed by atoms with Crippen LogP contribution in [0.25, 0.3) is 10.9 Å². The summed E-state index contributed by atoms with van der Waals surface area (Å²) in [5.41, 5.74) is 7.26. The van der Waals surface area contributed by atoms with E-state index in [-0.39, 0.29) is 0 Å². The lowest BCUT2D eigenvalue weighted by Gasteiger charge is -2.11. The molecule has 0 bridgehead atoms. The molecule has 1 aromatic heterocycles. The molecule has 1 aromatic carbocycles. The maximum absolute atomic E-state index is 10.9. The molecule has 0 radical (unpaired) electrons. The predicted octanol–water partition coefficient (Wildman–Crippen LogP) is 1.94. The van der Waals surface area contributed by atoms with Crippen LogP contribution in [0.3, 0.4) is 0 Å². The van der Waals surface area contributed by atoms with Crippen LogP contribution in [-0.4, -0.2) is 29.0 Å². The second kappa shape index (κ2) is 5.22. The Kier molecular flexibility index (Phi) is 3.66. The lowest BCUT2D eigenvalue weighted by atomic mass is 10.1. The van der Waals surface area contributed by atoms with E-state index < -0.39 is 6.03 Å². The molecule has 0 unspecified atom stereocenters. The number of amides is 2. The van der Waals surface area contributed by atoms with Crippen LogP contribution in [-0.2, 0) is 6.42 Å². The van der Waals surface area contributed by atoms with Gasteiger partial charge in [0.05, 0.1) is 7.11 Å². The Bertz CT molecular complexity index is 567. The number of benzene rings is 1. The first kappa shape index (κ1) is 12.6. The highest BCUT2D eigenvalue weighted by Crippen LogP contribution is 2.24. The van der Waals surface area contributed by atoms with Crippen molar-refractivity contribution < 1.29 is 9.53 Å². The largest absolute Gasteiger partial charge is 0.497 e. The molecular formula is C12H15N3O2S. The summed E-state index contributed by atoms with van der Waals surface area (Å²) < 4.78 is 6.39. The van der Waals surface area contributed by atoms with Gasteiger partial charge in [-0.15, -0.1) is 0 Å². The van der Waals surface area contributed by atoms with Gasteiger partial charge >= 0.3 is 6.03 Å². The van der Waals surface area contributed by atoms with E-state index in [4.69, 9.17) is 10.5 Å². The number of nitrogens with one attached hydrogen (secondary N) is 1. The second-order valence-corrected chi connectivity index (χ2v) is 4.42. The Labute approximate surface area is 110 Å². The fourth-order valence-electron chi connectivity index (χ4n) is 1.83. The van der Waals surface area contributed by atoms with E-state index in [9.17, 15) is 4.79 Å². The van der Waals surface area contributed by atoms with Crippen LogP contribution < -0.4 is 10.5 Å². The van der Waals surface area contributed by atoms with Gasteiger partial charge in [0.25, 0.3) is 0 Å². The lowest BCUT2D eigenvalue weighted by molar-refractivity contribution is 0.235. The smallest absolute Gasteiger partial charge is 0.324 e. The van der Waals surface area contributed by atoms with E-state index in [1.54, 1.807) is 7.11 Å². The molecule has 2 amide bonds. The molecule has 0 saturated carbocycles. The molecule has 96 valence electrons. The molecule has 0 aliphatic carbocycles. The summed E-state index contributed by atoms with van der Waals surface area (Å²) in [4.78, 5) is 14.0. The summed E-state index contributed by atoms with van der Waals surface area (Å²) in [6, 6.07) is 5.28. The Balaban J connectivity index is 2.20. The molecular weight excluding hydrogens is 250 g/mol. The van der Waals surface area contributed by atoms with Gasteiger partial charge in [-0.25, -0.2) is 4.79 Å². The van der Waals surface area contributed by atoms with Gasteiger partial charge in [0.1, 0.15) is 5.75 Å². The zero-order valence-electron chi connectivity index (χ0n) is 10.0. The fourth-order valence-corrected chi connectivity index (χ4v) is 1.93. The van der Waals surface area contributed by atoms with Gasteiger partial charge in [0, 0.05) is 23.6 Å². The number of ether oxygens (including phenoxy) is 1. The number of hydrogen-bond acceptors (Lipinski definition) is 3. The Hall–Kier alpha value is -1.82. The van der Waals surface area contributed by atoms with Gasteiger partial charge < -0.3 is 15.5 Å². The van der Waals surface area contributed by atoms with Crippen LogP contribution >= 0.6 is 12.8 Å². The summed E-state index contributed by atoms with van der Waals surface area (Å²) in [6.07, 6.45) is 2.60. The first-order valence-electron chi connectivity index (χ1n) is 5.51. The van der Waals surface area contributed by atoms with Crippen LogP contribution in [0.1, 0.15) is 5.56 Å². The van der Waals surface area contributed by atoms with Gasteiger partial charge in [-0.3, -0.25) is 4.31 Å². The zero-order valence-corrected chi connectivity index (χ0v) is 10.9. The molecule has 0 fully saturated rings. The van der Waals surface area contributed by atoms with Gasteiger partial charge in [0.15, 0.2) is 0 Å². The number of carbonyl (C=O) groups excluding carboxylic acids is 1. The molecule has 0 atom stereocenters. The van der Waals surface area contributed by atoms with Crippen molar-refractivity contribution in [3.05, 3.63) is 30.0 Å². The van der Waals surface area contributed by atoms with Crippen molar-refractivity contribution >= 4 is 29.7 Å². The molecule has 0 saturated heterocycles. The zero-order chi connectivity index (χ0) is 13.1. The minimum atomic E-state index is -0.546. The van der Waals surface area contributed by atoms with Crippen molar-refractivity contribution in [2.45, 2.75) is 6.42 Å². The summed E-state index contributed by atoms with van der Waals surface area (Å²) in [5, 5.41) is 1.08. The number of rotatable bonds is 4. The van der Waals surface area contributed by atoms with Gasteiger partial charge in [-0.05, 0) is 30.2 Å². The number of H-pyrrole nitrogens is 1. The molecule has 6 heteroatoms. The van der Waals surface area contributed by atoms with Crippen LogP contribution in [0.4, 0.5) is 4.79 Å². The van der Waals surface area contributed by atoms with E-state index in [1.165, 1.54) is 4.31 Å². The Morgan fingerprint density at radius 2 is 2.33 bits per heavy atom. The number of urea groups is 1. The van der Waals surface area contributed by atoms with Crippen LogP contribution in [0.15, 0.2) is 24.4 Å². The van der Waals surface area contributed by atoms with Gasteiger partial charge in [-0.1, -0.05) is 12.8 Å². The second-order valence-electron chi connectivity index (χ2n) is 3.94. The number of aromatic amines is 1. The summed E-state index contributed by atoms with van der Waals surface area (Å²) >= 11 is 3.99. The number of carbonyl (C=O) groups is 1. The number of nitrogens with zero attached hydrogens (tertiary/aromatic N) is 1. The third-order valence-electron chi connectivity index (χ3n) is 2.82. The number of nitrogens with two attached hydrogens (primary N) is 1. The third-order valence-corrected chi connectivity index (χ3v) is 3.22. The summed E-state index contributed by atoms with van der Waals surface area (Å²) in [5.74, 6) is 0.806. The quantitative estimate of drug-likeness (QED) is 0.739. The monoisotopic (exact) mass is 265 g/mol. The summed E-state index contributed by atoms with van der Waals surface area (Å²) in [6.45, 7) is 0.461. The molecule has 5 nitrogen and oxygen atoms in total. The number of primary amides is 1. The van der Waals surface area contributed by atoms with Crippen LogP contribution in [0.2, 0.25) is 0 Å². The molecule has 2 rings (SSSR count). The van der Waals surface area contributed by atoms with Crippen molar-refractivity contribution in [2.24, 2.45) is 5.73 Å². The minimum Gasteiger partial charge on any atom is -0.497 e. The number of aromatic nitrogens is 1. The molecule has 2 aromatic rings. The number of thiol groups is 1. The topological polar surface area (TPSA) is 71.3 Å². The van der Waals surface area contributed by atoms with Crippen LogP contribution in [0, 0.1) is 0 Å². The maximum atomic E-state index is 10.9. The number of fused-ring (bicyclic) bond motifs is 1. The molecule has 18 heavy (non-hydrogen) atoms. The first-order chi connectivity index (χ1) is 8.61. The standard InChI is InChI=1S/C12H15N3O2S/c1-17-9-2-3-11-10(6-9)8(7-14-11)4-5-15(18)12(13)16/h2-3,6-7,14,18H,4-5H2,1H3,(H2,13,16). The highest BCUT2D eigenvalue weighted by molar-refractivity contribution is 7.78. The highest BCUT2D eigenvalue weighted by Gasteiger charge is 2.08. The van der Waals surface area contributed by atoms with Crippen molar-refractivity contribution in [1.82, 2.24) is 9.29 Å². The molecule has 0 spiro atoms. The highest BCUT2D eigenvalue weighted by atomic mass is 32.1. The average molecular weight is 265 g/mol. The summed E-state index contributed by atoms with van der Waals surface area (Å²) in [7, 11) is 1.63. The minimum absolute atomic E-state index is 0.461. The normalized spacial score (nSPS) is 10.6. The van der Waals surface area contributed by atoms with Gasteiger partial charge in [-0.2, -0.15) is 0 Å².